The summed E-state index contributed by atoms with van der Waals surface area (Å²) in [6.45, 7) is 0. The van der Waals surface area contributed by atoms with Gasteiger partial charge in [-0.25, -0.2) is 14.4 Å². The van der Waals surface area contributed by atoms with Crippen molar-refractivity contribution in [3.63, 3.8) is 0 Å². The Bertz CT molecular complexity index is 600. The van der Waals surface area contributed by atoms with Gasteiger partial charge in [0.1, 0.15) is 22.9 Å². The molecule has 3 nitrogen and oxygen atoms in total. The maximum absolute atomic E-state index is 12.9. The molecule has 3 aromatic rings. The van der Waals surface area contributed by atoms with Crippen LogP contribution in [0.1, 0.15) is 0 Å². The minimum Gasteiger partial charge on any atom is -0.303 e. The Morgan fingerprint density at radius 1 is 1.20 bits per heavy atom. The van der Waals surface area contributed by atoms with Gasteiger partial charge in [0.15, 0.2) is 0 Å². The Balaban J connectivity index is 2.22. The molecule has 0 radical (unpaired) electrons. The van der Waals surface area contributed by atoms with Crippen molar-refractivity contribution in [1.82, 2.24) is 14.4 Å². The molecule has 0 fully saturated rings. The molecule has 3 aromatic heterocycles. The monoisotopic (exact) mass is 219 g/mol. The standard InChI is InChI=1S/C10H6FN3S/c11-7-1-2-10-13-8(4-14(10)3-7)9-5-15-6-12-9/h1-6H. The molecule has 0 saturated carbocycles. The van der Waals surface area contributed by atoms with Crippen LogP contribution in [0.15, 0.2) is 35.4 Å². The Kier molecular flexibility index (Phi) is 1.78. The lowest BCUT2D eigenvalue weighted by atomic mass is 10.4. The third-order valence-corrected chi connectivity index (χ3v) is 2.70. The van der Waals surface area contributed by atoms with Crippen LogP contribution in [-0.2, 0) is 0 Å². The Morgan fingerprint density at radius 2 is 2.13 bits per heavy atom. The van der Waals surface area contributed by atoms with Crippen LogP contribution in [0.2, 0.25) is 0 Å². The largest absolute Gasteiger partial charge is 0.303 e. The second-order valence-electron chi connectivity index (χ2n) is 3.11. The van der Waals surface area contributed by atoms with E-state index in [1.165, 1.54) is 23.6 Å². The fraction of sp³-hybridized carbons (Fsp3) is 0. The summed E-state index contributed by atoms with van der Waals surface area (Å²) in [5.74, 6) is -0.273. The first kappa shape index (κ1) is 8.55. The maximum atomic E-state index is 12.9. The molecule has 15 heavy (non-hydrogen) atoms. The minimum atomic E-state index is -0.273. The van der Waals surface area contributed by atoms with Gasteiger partial charge in [-0.05, 0) is 12.1 Å². The Morgan fingerprint density at radius 3 is 2.93 bits per heavy atom. The molecule has 74 valence electrons. The highest BCUT2D eigenvalue weighted by molar-refractivity contribution is 7.07. The van der Waals surface area contributed by atoms with Crippen LogP contribution in [-0.4, -0.2) is 14.4 Å². The summed E-state index contributed by atoms with van der Waals surface area (Å²) in [4.78, 5) is 8.49. The van der Waals surface area contributed by atoms with Crippen LogP contribution < -0.4 is 0 Å². The quantitative estimate of drug-likeness (QED) is 0.629. The smallest absolute Gasteiger partial charge is 0.139 e. The summed E-state index contributed by atoms with van der Waals surface area (Å²) >= 11 is 1.51. The van der Waals surface area contributed by atoms with E-state index in [1.54, 1.807) is 22.2 Å². The number of imidazole rings is 1. The maximum Gasteiger partial charge on any atom is 0.139 e. The van der Waals surface area contributed by atoms with Crippen LogP contribution in [0.3, 0.4) is 0 Å². The van der Waals surface area contributed by atoms with Crippen molar-refractivity contribution in [2.24, 2.45) is 0 Å². The number of thiazole rings is 1. The molecular formula is C10H6FN3S. The van der Waals surface area contributed by atoms with Gasteiger partial charge in [-0.15, -0.1) is 11.3 Å². The Hall–Kier alpha value is -1.75. The van der Waals surface area contributed by atoms with Crippen LogP contribution in [0.25, 0.3) is 17.0 Å². The number of aromatic nitrogens is 3. The molecule has 0 unspecified atom stereocenters. The highest BCUT2D eigenvalue weighted by atomic mass is 32.1. The fourth-order valence-electron chi connectivity index (χ4n) is 1.43. The van der Waals surface area contributed by atoms with E-state index >= 15 is 0 Å². The van der Waals surface area contributed by atoms with Crippen LogP contribution >= 0.6 is 11.3 Å². The molecule has 0 aliphatic carbocycles. The van der Waals surface area contributed by atoms with E-state index in [2.05, 4.69) is 9.97 Å². The highest BCUT2D eigenvalue weighted by Gasteiger charge is 2.05. The number of halogens is 1. The third-order valence-electron chi connectivity index (χ3n) is 2.11. The molecule has 0 aliphatic heterocycles. The van der Waals surface area contributed by atoms with Crippen LogP contribution in [0, 0.1) is 5.82 Å². The van der Waals surface area contributed by atoms with E-state index in [-0.39, 0.29) is 5.82 Å². The number of fused-ring (bicyclic) bond motifs is 1. The molecule has 0 saturated heterocycles. The van der Waals surface area contributed by atoms with Crippen molar-refractivity contribution in [2.45, 2.75) is 0 Å². The summed E-state index contributed by atoms with van der Waals surface area (Å²) in [6.07, 6.45) is 3.17. The van der Waals surface area contributed by atoms with Gasteiger partial charge in [0.2, 0.25) is 0 Å². The van der Waals surface area contributed by atoms with E-state index in [9.17, 15) is 4.39 Å². The topological polar surface area (TPSA) is 30.2 Å². The van der Waals surface area contributed by atoms with Crippen molar-refractivity contribution >= 4 is 17.0 Å². The Labute approximate surface area is 88.9 Å². The zero-order chi connectivity index (χ0) is 10.3. The van der Waals surface area contributed by atoms with Gasteiger partial charge in [-0.1, -0.05) is 0 Å². The number of rotatable bonds is 1. The first-order valence-electron chi connectivity index (χ1n) is 4.36. The van der Waals surface area contributed by atoms with Crippen molar-refractivity contribution in [3.8, 4) is 11.4 Å². The SMILES string of the molecule is Fc1ccc2nc(-c3cscn3)cn2c1. The highest BCUT2D eigenvalue weighted by Crippen LogP contribution is 2.18. The molecular weight excluding hydrogens is 213 g/mol. The molecule has 0 bridgehead atoms. The molecule has 0 amide bonds. The normalized spacial score (nSPS) is 11.0. The van der Waals surface area contributed by atoms with Gasteiger partial charge in [-0.2, -0.15) is 0 Å². The predicted octanol–water partition coefficient (Wildman–Crippen LogP) is 2.60. The predicted molar refractivity (Wildman–Crippen MR) is 56.3 cm³/mol. The lowest BCUT2D eigenvalue weighted by molar-refractivity contribution is 0.619. The summed E-state index contributed by atoms with van der Waals surface area (Å²) in [7, 11) is 0. The summed E-state index contributed by atoms with van der Waals surface area (Å²) < 4.78 is 14.6. The van der Waals surface area contributed by atoms with Crippen LogP contribution in [0.4, 0.5) is 4.39 Å². The lowest BCUT2D eigenvalue weighted by Crippen LogP contribution is -1.83. The van der Waals surface area contributed by atoms with Gasteiger partial charge in [0.25, 0.3) is 0 Å². The molecule has 0 N–H and O–H groups in total. The number of hydrogen-bond acceptors (Lipinski definition) is 3. The third kappa shape index (κ3) is 1.41. The van der Waals surface area contributed by atoms with E-state index in [1.807, 2.05) is 5.38 Å². The number of pyridine rings is 1. The van der Waals surface area contributed by atoms with Crippen molar-refractivity contribution in [1.29, 1.82) is 0 Å². The van der Waals surface area contributed by atoms with Crippen molar-refractivity contribution in [3.05, 3.63) is 41.2 Å². The second kappa shape index (κ2) is 3.13. The van der Waals surface area contributed by atoms with E-state index < -0.39 is 0 Å². The first-order valence-corrected chi connectivity index (χ1v) is 5.30. The van der Waals surface area contributed by atoms with Crippen molar-refractivity contribution < 1.29 is 4.39 Å². The second-order valence-corrected chi connectivity index (χ2v) is 3.83. The number of nitrogens with zero attached hydrogens (tertiary/aromatic N) is 3. The molecule has 3 rings (SSSR count). The average Bonchev–Trinajstić information content (AvgIpc) is 2.84. The molecule has 0 aromatic carbocycles. The summed E-state index contributed by atoms with van der Waals surface area (Å²) in [6, 6.07) is 3.04. The van der Waals surface area contributed by atoms with E-state index in [4.69, 9.17) is 0 Å². The lowest BCUT2D eigenvalue weighted by Gasteiger charge is -1.90. The first-order chi connectivity index (χ1) is 7.33. The molecule has 0 atom stereocenters. The number of hydrogen-bond donors (Lipinski definition) is 0. The van der Waals surface area contributed by atoms with Gasteiger partial charge in [0.05, 0.1) is 5.51 Å². The van der Waals surface area contributed by atoms with E-state index in [0.717, 1.165) is 17.0 Å². The average molecular weight is 219 g/mol. The molecule has 5 heteroatoms. The van der Waals surface area contributed by atoms with Gasteiger partial charge >= 0.3 is 0 Å². The zero-order valence-electron chi connectivity index (χ0n) is 7.59. The minimum absolute atomic E-state index is 0.273. The van der Waals surface area contributed by atoms with Gasteiger partial charge in [0, 0.05) is 17.8 Å². The zero-order valence-corrected chi connectivity index (χ0v) is 8.41. The van der Waals surface area contributed by atoms with Crippen molar-refractivity contribution in [2.75, 3.05) is 0 Å². The summed E-state index contributed by atoms with van der Waals surface area (Å²) in [5.41, 5.74) is 4.06. The molecule has 0 spiro atoms. The molecule has 3 heterocycles. The fourth-order valence-corrected chi connectivity index (χ4v) is 1.97. The molecule has 0 aliphatic rings. The van der Waals surface area contributed by atoms with E-state index in [0.29, 0.717) is 0 Å². The van der Waals surface area contributed by atoms with Gasteiger partial charge in [-0.3, -0.25) is 0 Å². The van der Waals surface area contributed by atoms with Crippen LogP contribution in [0.5, 0.6) is 0 Å². The summed E-state index contributed by atoms with van der Waals surface area (Å²) in [5, 5.41) is 1.91. The van der Waals surface area contributed by atoms with Gasteiger partial charge < -0.3 is 4.40 Å².